The number of hydrazone groups is 1. The summed E-state index contributed by atoms with van der Waals surface area (Å²) in [7, 11) is 0. The monoisotopic (exact) mass is 413 g/mol. The summed E-state index contributed by atoms with van der Waals surface area (Å²) in [5.74, 6) is 0.975. The van der Waals surface area contributed by atoms with Gasteiger partial charge in [-0.1, -0.05) is 42.8 Å². The molecule has 2 aliphatic heterocycles. The van der Waals surface area contributed by atoms with Gasteiger partial charge in [0.15, 0.2) is 0 Å². The second-order valence-corrected chi connectivity index (χ2v) is 7.69. The first-order valence-electron chi connectivity index (χ1n) is 10.7. The van der Waals surface area contributed by atoms with Gasteiger partial charge in [-0.05, 0) is 51.1 Å². The fourth-order valence-corrected chi connectivity index (χ4v) is 4.30. The van der Waals surface area contributed by atoms with Gasteiger partial charge in [0.25, 0.3) is 0 Å². The summed E-state index contributed by atoms with van der Waals surface area (Å²) < 4.78 is 5.94. The van der Waals surface area contributed by atoms with Gasteiger partial charge >= 0.3 is 0 Å². The Morgan fingerprint density at radius 1 is 0.966 bits per heavy atom. The molecule has 1 atom stereocenters. The largest absolute Gasteiger partial charge is 0.494 e. The van der Waals surface area contributed by atoms with Gasteiger partial charge in [-0.15, -0.1) is 12.4 Å². The Labute approximate surface area is 181 Å². The molecule has 2 aromatic carbocycles. The fourth-order valence-electron chi connectivity index (χ4n) is 4.30. The molecule has 5 heteroatoms. The maximum atomic E-state index is 5.94. The minimum absolute atomic E-state index is 0. The van der Waals surface area contributed by atoms with Crippen LogP contribution in [-0.2, 0) is 0 Å². The van der Waals surface area contributed by atoms with Crippen LogP contribution in [0.3, 0.4) is 0 Å². The van der Waals surface area contributed by atoms with Gasteiger partial charge in [-0.3, -0.25) is 5.01 Å². The summed E-state index contributed by atoms with van der Waals surface area (Å²) in [5, 5.41) is 7.27. The Balaban J connectivity index is 0.00000240. The van der Waals surface area contributed by atoms with Crippen molar-refractivity contribution in [1.82, 2.24) is 4.90 Å². The lowest BCUT2D eigenvalue weighted by Crippen LogP contribution is -2.31. The number of benzene rings is 2. The fraction of sp³-hybridized carbons (Fsp3) is 0.458. The molecule has 2 aromatic rings. The number of ether oxygens (including phenoxy) is 1. The number of anilines is 1. The summed E-state index contributed by atoms with van der Waals surface area (Å²) in [6, 6.07) is 19.1. The van der Waals surface area contributed by atoms with E-state index in [1.807, 2.05) is 6.92 Å². The Morgan fingerprint density at radius 3 is 2.45 bits per heavy atom. The molecule has 2 heterocycles. The molecule has 0 amide bonds. The van der Waals surface area contributed by atoms with Crippen molar-refractivity contribution in [2.75, 3.05) is 31.3 Å². The molecule has 1 unspecified atom stereocenters. The number of likely N-dealkylation sites (tertiary alicyclic amines) is 1. The number of piperidine rings is 1. The second kappa shape index (κ2) is 10.7. The van der Waals surface area contributed by atoms with Crippen LogP contribution >= 0.6 is 12.4 Å². The van der Waals surface area contributed by atoms with Gasteiger partial charge in [0.1, 0.15) is 5.75 Å². The zero-order valence-corrected chi connectivity index (χ0v) is 18.1. The van der Waals surface area contributed by atoms with E-state index in [1.54, 1.807) is 0 Å². The van der Waals surface area contributed by atoms with Gasteiger partial charge in [-0.25, -0.2) is 0 Å². The van der Waals surface area contributed by atoms with Gasteiger partial charge in [0.2, 0.25) is 0 Å². The number of hydrogen-bond acceptors (Lipinski definition) is 4. The molecular formula is C24H32ClN3O. The van der Waals surface area contributed by atoms with Crippen molar-refractivity contribution in [3.05, 3.63) is 60.2 Å². The molecule has 29 heavy (non-hydrogen) atoms. The first kappa shape index (κ1) is 21.7. The predicted octanol–water partition coefficient (Wildman–Crippen LogP) is 5.69. The third kappa shape index (κ3) is 5.31. The Kier molecular flexibility index (Phi) is 7.96. The van der Waals surface area contributed by atoms with E-state index in [2.05, 4.69) is 64.5 Å². The molecule has 4 nitrogen and oxygen atoms in total. The number of nitrogens with zero attached hydrogens (tertiary/aromatic N) is 3. The summed E-state index contributed by atoms with van der Waals surface area (Å²) in [5.41, 5.74) is 3.67. The van der Waals surface area contributed by atoms with E-state index in [4.69, 9.17) is 9.84 Å². The molecule has 0 spiro atoms. The lowest BCUT2D eigenvalue weighted by atomic mass is 9.99. The smallest absolute Gasteiger partial charge is 0.124 e. The molecule has 0 N–H and O–H groups in total. The Morgan fingerprint density at radius 2 is 1.69 bits per heavy atom. The van der Waals surface area contributed by atoms with E-state index in [0.717, 1.165) is 30.8 Å². The molecule has 2 aliphatic rings. The van der Waals surface area contributed by atoms with Crippen LogP contribution in [0, 0.1) is 0 Å². The molecular weight excluding hydrogens is 382 g/mol. The van der Waals surface area contributed by atoms with Crippen molar-refractivity contribution in [3.63, 3.8) is 0 Å². The quantitative estimate of drug-likeness (QED) is 0.583. The van der Waals surface area contributed by atoms with Crippen molar-refractivity contribution in [2.45, 2.75) is 45.1 Å². The van der Waals surface area contributed by atoms with Crippen LogP contribution in [0.25, 0.3) is 0 Å². The highest BCUT2D eigenvalue weighted by Gasteiger charge is 2.31. The average molecular weight is 414 g/mol. The minimum atomic E-state index is 0. The summed E-state index contributed by atoms with van der Waals surface area (Å²) in [6.07, 6.45) is 6.08. The number of rotatable bonds is 7. The minimum Gasteiger partial charge on any atom is -0.494 e. The number of para-hydroxylation sites is 2. The van der Waals surface area contributed by atoms with Crippen molar-refractivity contribution in [1.29, 1.82) is 0 Å². The average Bonchev–Trinajstić information content (AvgIpc) is 3.18. The lowest BCUT2D eigenvalue weighted by molar-refractivity contribution is 0.234. The predicted molar refractivity (Wildman–Crippen MR) is 123 cm³/mol. The van der Waals surface area contributed by atoms with E-state index in [-0.39, 0.29) is 18.4 Å². The Hall–Kier alpha value is -2.04. The normalized spacial score (nSPS) is 19.6. The first-order valence-corrected chi connectivity index (χ1v) is 10.7. The molecule has 156 valence electrons. The van der Waals surface area contributed by atoms with Gasteiger partial charge < -0.3 is 9.64 Å². The zero-order valence-electron chi connectivity index (χ0n) is 17.3. The van der Waals surface area contributed by atoms with Crippen LogP contribution in [-0.4, -0.2) is 36.9 Å². The van der Waals surface area contributed by atoms with Crippen LogP contribution in [0.2, 0.25) is 0 Å². The second-order valence-electron chi connectivity index (χ2n) is 7.69. The van der Waals surface area contributed by atoms with Crippen LogP contribution < -0.4 is 9.75 Å². The standard InChI is InChI=1S/C24H31N3O.ClH/c1-2-28-24-14-8-7-13-22(24)23-19-20(15-18-26-16-9-4-10-17-26)25-27(23)21-11-5-3-6-12-21;/h3,5-8,11-14,23H,2,4,9-10,15-19H2,1H3;1H. The summed E-state index contributed by atoms with van der Waals surface area (Å²) >= 11 is 0. The maximum Gasteiger partial charge on any atom is 0.124 e. The van der Waals surface area contributed by atoms with E-state index >= 15 is 0 Å². The molecule has 0 radical (unpaired) electrons. The van der Waals surface area contributed by atoms with Crippen molar-refractivity contribution < 1.29 is 4.74 Å². The molecule has 0 saturated carbocycles. The van der Waals surface area contributed by atoms with Gasteiger partial charge in [0.05, 0.1) is 18.3 Å². The summed E-state index contributed by atoms with van der Waals surface area (Å²) in [6.45, 7) is 6.33. The number of hydrogen-bond donors (Lipinski definition) is 0. The molecule has 0 bridgehead atoms. The van der Waals surface area contributed by atoms with Crippen LogP contribution in [0.5, 0.6) is 5.75 Å². The number of halogens is 1. The van der Waals surface area contributed by atoms with E-state index in [0.29, 0.717) is 6.61 Å². The van der Waals surface area contributed by atoms with Crippen molar-refractivity contribution in [2.24, 2.45) is 5.10 Å². The zero-order chi connectivity index (χ0) is 19.2. The van der Waals surface area contributed by atoms with Gasteiger partial charge in [0, 0.05) is 30.7 Å². The first-order chi connectivity index (χ1) is 13.8. The highest BCUT2D eigenvalue weighted by atomic mass is 35.5. The molecule has 0 aliphatic carbocycles. The van der Waals surface area contributed by atoms with E-state index in [9.17, 15) is 0 Å². The molecule has 1 fully saturated rings. The SMILES string of the molecule is CCOc1ccccc1C1CC(CCN2CCCCC2)=NN1c1ccccc1.Cl. The van der Waals surface area contributed by atoms with Crippen LogP contribution in [0.15, 0.2) is 59.7 Å². The third-order valence-electron chi connectivity index (χ3n) is 5.74. The lowest BCUT2D eigenvalue weighted by Gasteiger charge is -2.26. The van der Waals surface area contributed by atoms with Gasteiger partial charge in [-0.2, -0.15) is 5.10 Å². The van der Waals surface area contributed by atoms with Crippen molar-refractivity contribution in [3.8, 4) is 5.75 Å². The van der Waals surface area contributed by atoms with E-state index in [1.165, 1.54) is 43.6 Å². The van der Waals surface area contributed by atoms with Crippen molar-refractivity contribution >= 4 is 23.8 Å². The maximum absolute atomic E-state index is 5.94. The Bertz CT molecular complexity index is 790. The molecule has 1 saturated heterocycles. The highest BCUT2D eigenvalue weighted by molar-refractivity contribution is 5.89. The van der Waals surface area contributed by atoms with E-state index < -0.39 is 0 Å². The molecule has 0 aromatic heterocycles. The topological polar surface area (TPSA) is 28.1 Å². The highest BCUT2D eigenvalue weighted by Crippen LogP contribution is 2.39. The van der Waals surface area contributed by atoms with Crippen LogP contribution in [0.1, 0.15) is 50.6 Å². The molecule has 4 rings (SSSR count). The third-order valence-corrected chi connectivity index (χ3v) is 5.74. The summed E-state index contributed by atoms with van der Waals surface area (Å²) in [4.78, 5) is 2.60. The van der Waals surface area contributed by atoms with Crippen LogP contribution in [0.4, 0.5) is 5.69 Å².